The van der Waals surface area contributed by atoms with E-state index >= 15 is 0 Å². The average molecular weight is 189 g/mol. The summed E-state index contributed by atoms with van der Waals surface area (Å²) in [4.78, 5) is 1.83. The number of piperidine rings is 1. The summed E-state index contributed by atoms with van der Waals surface area (Å²) in [6, 6.07) is -0.404. The molecule has 5 atom stereocenters. The predicted molar refractivity (Wildman–Crippen MR) is 44.0 cm³/mol. The van der Waals surface area contributed by atoms with Crippen LogP contribution in [0.4, 0.5) is 0 Å². The van der Waals surface area contributed by atoms with Crippen LogP contribution in [0.1, 0.15) is 6.42 Å². The summed E-state index contributed by atoms with van der Waals surface area (Å²) in [6.45, 7) is 1.01. The lowest BCUT2D eigenvalue weighted by atomic mass is 9.93. The van der Waals surface area contributed by atoms with Crippen LogP contribution in [0.5, 0.6) is 0 Å². The highest BCUT2D eigenvalue weighted by Crippen LogP contribution is 2.27. The van der Waals surface area contributed by atoms with Crippen LogP contribution in [0.15, 0.2) is 0 Å². The Kier molecular flexibility index (Phi) is 2.29. The van der Waals surface area contributed by atoms with Gasteiger partial charge in [0.25, 0.3) is 0 Å². The van der Waals surface area contributed by atoms with E-state index in [9.17, 15) is 20.4 Å². The minimum atomic E-state index is -1.13. The molecule has 4 N–H and O–H groups in total. The van der Waals surface area contributed by atoms with E-state index in [2.05, 4.69) is 0 Å². The van der Waals surface area contributed by atoms with Gasteiger partial charge in [-0.05, 0) is 6.42 Å². The van der Waals surface area contributed by atoms with Crippen LogP contribution < -0.4 is 0 Å². The maximum atomic E-state index is 9.58. The Labute approximate surface area is 76.2 Å². The summed E-state index contributed by atoms with van der Waals surface area (Å²) < 4.78 is 0. The van der Waals surface area contributed by atoms with Gasteiger partial charge < -0.3 is 20.4 Å². The van der Waals surface area contributed by atoms with E-state index in [0.29, 0.717) is 19.5 Å². The second kappa shape index (κ2) is 3.18. The molecule has 2 aliphatic rings. The number of hydrogen-bond acceptors (Lipinski definition) is 5. The summed E-state index contributed by atoms with van der Waals surface area (Å²) in [5.41, 5.74) is 0. The molecule has 2 rings (SSSR count). The summed E-state index contributed by atoms with van der Waals surface area (Å²) in [7, 11) is 0. The third-order valence-corrected chi connectivity index (χ3v) is 3.04. The van der Waals surface area contributed by atoms with Gasteiger partial charge in [-0.3, -0.25) is 4.90 Å². The lowest BCUT2D eigenvalue weighted by molar-refractivity contribution is -0.140. The molecule has 5 heteroatoms. The van der Waals surface area contributed by atoms with Gasteiger partial charge in [0, 0.05) is 13.1 Å². The Balaban J connectivity index is 2.15. The van der Waals surface area contributed by atoms with Crippen molar-refractivity contribution in [3.05, 3.63) is 0 Å². The number of hydrogen-bond donors (Lipinski definition) is 4. The minimum Gasteiger partial charge on any atom is -0.391 e. The van der Waals surface area contributed by atoms with Crippen LogP contribution in [0.25, 0.3) is 0 Å². The third kappa shape index (κ3) is 1.37. The Bertz CT molecular complexity index is 201. The van der Waals surface area contributed by atoms with E-state index in [1.165, 1.54) is 0 Å². The standard InChI is InChI=1S/C8H15NO4/c10-4-1-2-9-3-5(11)7(12)8(13)6(4)9/h4-8,10-13H,1-3H2/t4-,5+,6-,7+,8-/m0/s1. The van der Waals surface area contributed by atoms with Gasteiger partial charge >= 0.3 is 0 Å². The smallest absolute Gasteiger partial charge is 0.109 e. The van der Waals surface area contributed by atoms with Crippen LogP contribution >= 0.6 is 0 Å². The summed E-state index contributed by atoms with van der Waals surface area (Å²) >= 11 is 0. The van der Waals surface area contributed by atoms with Crippen molar-refractivity contribution in [1.82, 2.24) is 4.90 Å². The zero-order valence-electron chi connectivity index (χ0n) is 7.24. The molecule has 0 amide bonds. The van der Waals surface area contributed by atoms with Crippen LogP contribution in [-0.2, 0) is 0 Å². The second-order valence-electron chi connectivity index (χ2n) is 3.89. The molecule has 0 aromatic heterocycles. The third-order valence-electron chi connectivity index (χ3n) is 3.04. The highest BCUT2D eigenvalue weighted by atomic mass is 16.4. The Morgan fingerprint density at radius 2 is 1.62 bits per heavy atom. The topological polar surface area (TPSA) is 84.2 Å². The highest BCUT2D eigenvalue weighted by Gasteiger charge is 2.47. The molecule has 2 fully saturated rings. The molecular weight excluding hydrogens is 174 g/mol. The molecule has 0 saturated carbocycles. The van der Waals surface area contributed by atoms with Crippen molar-refractivity contribution in [3.8, 4) is 0 Å². The maximum absolute atomic E-state index is 9.58. The Hall–Kier alpha value is -0.200. The lowest BCUT2D eigenvalue weighted by Crippen LogP contribution is -2.61. The van der Waals surface area contributed by atoms with Crippen LogP contribution in [-0.4, -0.2) is 68.9 Å². The number of nitrogens with zero attached hydrogens (tertiary/aromatic N) is 1. The Morgan fingerprint density at radius 3 is 2.31 bits per heavy atom. The normalized spacial score (nSPS) is 52.2. The average Bonchev–Trinajstić information content (AvgIpc) is 2.43. The summed E-state index contributed by atoms with van der Waals surface area (Å²) in [6.07, 6.45) is -3.06. The molecule has 0 aromatic carbocycles. The van der Waals surface area contributed by atoms with Gasteiger partial charge in [0.1, 0.15) is 12.2 Å². The molecule has 2 aliphatic heterocycles. The first kappa shape index (κ1) is 9.36. The first-order valence-corrected chi connectivity index (χ1v) is 4.57. The monoisotopic (exact) mass is 189 g/mol. The van der Waals surface area contributed by atoms with Crippen molar-refractivity contribution >= 4 is 0 Å². The van der Waals surface area contributed by atoms with Gasteiger partial charge in [0.2, 0.25) is 0 Å². The zero-order valence-corrected chi connectivity index (χ0v) is 7.24. The van der Waals surface area contributed by atoms with Crippen molar-refractivity contribution in [2.45, 2.75) is 36.9 Å². The van der Waals surface area contributed by atoms with E-state index in [1.807, 2.05) is 4.90 Å². The first-order valence-electron chi connectivity index (χ1n) is 4.57. The zero-order chi connectivity index (χ0) is 9.59. The van der Waals surface area contributed by atoms with E-state index in [4.69, 9.17) is 0 Å². The van der Waals surface area contributed by atoms with Crippen LogP contribution in [0.2, 0.25) is 0 Å². The largest absolute Gasteiger partial charge is 0.391 e. The molecule has 0 radical (unpaired) electrons. The van der Waals surface area contributed by atoms with Crippen molar-refractivity contribution in [2.75, 3.05) is 13.1 Å². The van der Waals surface area contributed by atoms with Crippen LogP contribution in [0, 0.1) is 0 Å². The number of aliphatic hydroxyl groups is 4. The fourth-order valence-electron chi connectivity index (χ4n) is 2.30. The first-order chi connectivity index (χ1) is 6.11. The molecular formula is C8H15NO4. The van der Waals surface area contributed by atoms with Gasteiger partial charge in [-0.2, -0.15) is 0 Å². The minimum absolute atomic E-state index is 0.333. The van der Waals surface area contributed by atoms with Crippen molar-refractivity contribution in [2.24, 2.45) is 0 Å². The van der Waals surface area contributed by atoms with E-state index in [1.54, 1.807) is 0 Å². The predicted octanol–water partition coefficient (Wildman–Crippen LogP) is -2.48. The molecule has 5 nitrogen and oxygen atoms in total. The molecule has 0 unspecified atom stereocenters. The summed E-state index contributed by atoms with van der Waals surface area (Å²) in [5, 5.41) is 37.8. The second-order valence-corrected chi connectivity index (χ2v) is 3.89. The molecule has 2 heterocycles. The van der Waals surface area contributed by atoms with Gasteiger partial charge in [-0.1, -0.05) is 0 Å². The fourth-order valence-corrected chi connectivity index (χ4v) is 2.30. The van der Waals surface area contributed by atoms with Gasteiger partial charge in [0.15, 0.2) is 0 Å². The molecule has 0 aliphatic carbocycles. The quantitative estimate of drug-likeness (QED) is 0.339. The summed E-state index contributed by atoms with van der Waals surface area (Å²) in [5.74, 6) is 0. The van der Waals surface area contributed by atoms with Gasteiger partial charge in [-0.25, -0.2) is 0 Å². The molecule has 13 heavy (non-hydrogen) atoms. The highest BCUT2D eigenvalue weighted by molar-refractivity contribution is 5.01. The lowest BCUT2D eigenvalue weighted by Gasteiger charge is -2.40. The number of fused-ring (bicyclic) bond motifs is 1. The number of aliphatic hydroxyl groups excluding tert-OH is 4. The molecule has 0 spiro atoms. The van der Waals surface area contributed by atoms with Gasteiger partial charge in [0.05, 0.1) is 18.2 Å². The Morgan fingerprint density at radius 1 is 0.923 bits per heavy atom. The number of rotatable bonds is 0. The fraction of sp³-hybridized carbons (Fsp3) is 1.00. The molecule has 0 bridgehead atoms. The van der Waals surface area contributed by atoms with Crippen molar-refractivity contribution < 1.29 is 20.4 Å². The van der Waals surface area contributed by atoms with E-state index in [-0.39, 0.29) is 0 Å². The SMILES string of the molecule is O[C@@H]1[C@H](O)[C@H](O)CN2CC[C@H](O)[C@@H]12. The van der Waals surface area contributed by atoms with E-state index < -0.39 is 30.5 Å². The van der Waals surface area contributed by atoms with E-state index in [0.717, 1.165) is 0 Å². The van der Waals surface area contributed by atoms with Gasteiger partial charge in [-0.15, -0.1) is 0 Å². The van der Waals surface area contributed by atoms with Crippen molar-refractivity contribution in [1.29, 1.82) is 0 Å². The molecule has 2 saturated heterocycles. The molecule has 76 valence electrons. The van der Waals surface area contributed by atoms with Crippen molar-refractivity contribution in [3.63, 3.8) is 0 Å². The van der Waals surface area contributed by atoms with Crippen LogP contribution in [0.3, 0.4) is 0 Å². The maximum Gasteiger partial charge on any atom is 0.109 e. The molecule has 0 aromatic rings.